The van der Waals surface area contributed by atoms with Crippen molar-refractivity contribution in [1.29, 1.82) is 0 Å². The van der Waals surface area contributed by atoms with Gasteiger partial charge in [0.2, 0.25) is 0 Å². The second-order valence-electron chi connectivity index (χ2n) is 4.21. The second kappa shape index (κ2) is 6.10. The number of para-hydroxylation sites is 2. The third kappa shape index (κ3) is 3.92. The molecular weight excluding hydrogens is 312 g/mol. The van der Waals surface area contributed by atoms with Crippen LogP contribution in [0.2, 0.25) is 0 Å². The number of nitrogens with zero attached hydrogens (tertiary/aromatic N) is 2. The van der Waals surface area contributed by atoms with Gasteiger partial charge >= 0.3 is 0 Å². The summed E-state index contributed by atoms with van der Waals surface area (Å²) in [6.07, 6.45) is 2.67. The highest BCUT2D eigenvalue weighted by molar-refractivity contribution is 7.92. The smallest absolute Gasteiger partial charge is 0.265 e. The molecule has 2 aromatic rings. The minimum Gasteiger partial charge on any atom is -0.484 e. The normalized spacial score (nSPS) is 11.1. The van der Waals surface area contributed by atoms with Gasteiger partial charge in [0.05, 0.1) is 11.9 Å². The zero-order chi connectivity index (χ0) is 15.5. The minimum absolute atomic E-state index is 0.0287. The average molecular weight is 326 g/mol. The lowest BCUT2D eigenvalue weighted by atomic mass is 10.3. The van der Waals surface area contributed by atoms with Gasteiger partial charge in [0, 0.05) is 13.2 Å². The molecule has 112 valence electrons. The molecule has 21 heavy (non-hydrogen) atoms. The summed E-state index contributed by atoms with van der Waals surface area (Å²) in [4.78, 5) is 0.245. The van der Waals surface area contributed by atoms with Crippen LogP contribution in [0.1, 0.15) is 0 Å². The molecule has 0 saturated carbocycles. The maximum Gasteiger partial charge on any atom is 0.265 e. The van der Waals surface area contributed by atoms with E-state index >= 15 is 0 Å². The van der Waals surface area contributed by atoms with Gasteiger partial charge < -0.3 is 10.5 Å². The summed E-state index contributed by atoms with van der Waals surface area (Å²) in [5.74, 6) is 0.345. The number of anilines is 1. The number of hydrogen-bond acceptors (Lipinski definition) is 5. The van der Waals surface area contributed by atoms with E-state index < -0.39 is 10.0 Å². The van der Waals surface area contributed by atoms with Gasteiger partial charge in [-0.15, -0.1) is 0 Å². The Balaban J connectivity index is 2.25. The Morgan fingerprint density at radius 1 is 1.48 bits per heavy atom. The monoisotopic (exact) mass is 326 g/mol. The Morgan fingerprint density at radius 2 is 2.19 bits per heavy atom. The van der Waals surface area contributed by atoms with Crippen LogP contribution in [-0.4, -0.2) is 29.8 Å². The van der Waals surface area contributed by atoms with Crippen molar-refractivity contribution >= 4 is 32.9 Å². The summed E-state index contributed by atoms with van der Waals surface area (Å²) < 4.78 is 33.7. The van der Waals surface area contributed by atoms with Crippen molar-refractivity contribution in [3.63, 3.8) is 0 Å². The largest absolute Gasteiger partial charge is 0.484 e. The molecule has 2 rings (SSSR count). The summed E-state index contributed by atoms with van der Waals surface area (Å²) in [7, 11) is -2.09. The van der Waals surface area contributed by atoms with E-state index in [2.05, 4.69) is 9.82 Å². The summed E-state index contributed by atoms with van der Waals surface area (Å²) >= 11 is 4.73. The number of benzene rings is 1. The molecule has 0 aliphatic heterocycles. The Bertz CT molecular complexity index is 755. The Hall–Kier alpha value is -2.13. The SMILES string of the molecule is Cn1cc(S(=O)(=O)Nc2ccccc2OCC(N)=S)cn1. The quantitative estimate of drug-likeness (QED) is 0.765. The first kappa shape index (κ1) is 15.3. The third-order valence-electron chi connectivity index (χ3n) is 2.49. The number of hydrogen-bond donors (Lipinski definition) is 2. The molecule has 7 nitrogen and oxygen atoms in total. The molecule has 0 aliphatic rings. The highest BCUT2D eigenvalue weighted by atomic mass is 32.2. The van der Waals surface area contributed by atoms with Crippen molar-refractivity contribution in [2.75, 3.05) is 11.3 Å². The number of aromatic nitrogens is 2. The lowest BCUT2D eigenvalue weighted by molar-refractivity contribution is 0.379. The average Bonchev–Trinajstić information content (AvgIpc) is 2.85. The molecule has 9 heteroatoms. The molecule has 0 radical (unpaired) electrons. The van der Waals surface area contributed by atoms with Gasteiger partial charge in [-0.05, 0) is 12.1 Å². The van der Waals surface area contributed by atoms with Crippen LogP contribution in [0.5, 0.6) is 5.75 Å². The highest BCUT2D eigenvalue weighted by Crippen LogP contribution is 2.26. The third-order valence-corrected chi connectivity index (χ3v) is 3.93. The molecule has 0 saturated heterocycles. The summed E-state index contributed by atoms with van der Waals surface area (Å²) in [5.41, 5.74) is 5.67. The number of sulfonamides is 1. The van der Waals surface area contributed by atoms with Gasteiger partial charge in [-0.2, -0.15) is 5.10 Å². The predicted octanol–water partition coefficient (Wildman–Crippen LogP) is 0.886. The minimum atomic E-state index is -3.73. The van der Waals surface area contributed by atoms with Crippen LogP contribution in [0.3, 0.4) is 0 Å². The molecule has 1 heterocycles. The van der Waals surface area contributed by atoms with E-state index in [1.807, 2.05) is 0 Å². The fraction of sp³-hybridized carbons (Fsp3) is 0.167. The number of nitrogens with one attached hydrogen (secondary N) is 1. The molecule has 0 amide bonds. The second-order valence-corrected chi connectivity index (χ2v) is 6.41. The van der Waals surface area contributed by atoms with Gasteiger partial charge in [0.25, 0.3) is 10.0 Å². The van der Waals surface area contributed by atoms with Crippen molar-refractivity contribution < 1.29 is 13.2 Å². The standard InChI is InChI=1S/C12H14N4O3S2/c1-16-7-9(6-14-16)21(17,18)15-10-4-2-3-5-11(10)19-8-12(13)20/h2-7,15H,8H2,1H3,(H2,13,20). The van der Waals surface area contributed by atoms with E-state index in [-0.39, 0.29) is 16.5 Å². The molecule has 1 aromatic carbocycles. The van der Waals surface area contributed by atoms with Gasteiger partial charge in [-0.25, -0.2) is 8.42 Å². The molecule has 1 aromatic heterocycles. The highest BCUT2D eigenvalue weighted by Gasteiger charge is 2.18. The first-order valence-electron chi connectivity index (χ1n) is 5.90. The van der Waals surface area contributed by atoms with E-state index in [0.29, 0.717) is 11.4 Å². The number of ether oxygens (including phenoxy) is 1. The van der Waals surface area contributed by atoms with E-state index in [1.165, 1.54) is 17.1 Å². The topological polar surface area (TPSA) is 99.2 Å². The maximum atomic E-state index is 12.2. The molecule has 0 atom stereocenters. The lowest BCUT2D eigenvalue weighted by Gasteiger charge is -2.12. The predicted molar refractivity (Wildman–Crippen MR) is 82.7 cm³/mol. The molecule has 0 aliphatic carbocycles. The maximum absolute atomic E-state index is 12.2. The van der Waals surface area contributed by atoms with Crippen molar-refractivity contribution in [2.24, 2.45) is 12.8 Å². The Kier molecular flexibility index (Phi) is 4.43. The first-order chi connectivity index (χ1) is 9.88. The van der Waals surface area contributed by atoms with Gasteiger partial charge in [0.1, 0.15) is 22.2 Å². The zero-order valence-corrected chi connectivity index (χ0v) is 12.8. The zero-order valence-electron chi connectivity index (χ0n) is 11.2. The molecule has 3 N–H and O–H groups in total. The number of aryl methyl sites for hydroxylation is 1. The van der Waals surface area contributed by atoms with Crippen LogP contribution >= 0.6 is 12.2 Å². The van der Waals surface area contributed by atoms with Crippen LogP contribution in [0.25, 0.3) is 0 Å². The lowest BCUT2D eigenvalue weighted by Crippen LogP contribution is -2.19. The van der Waals surface area contributed by atoms with Crippen molar-refractivity contribution in [3.8, 4) is 5.75 Å². The molecule has 0 unspecified atom stereocenters. The van der Waals surface area contributed by atoms with E-state index in [1.54, 1.807) is 31.3 Å². The van der Waals surface area contributed by atoms with Gasteiger partial charge in [-0.3, -0.25) is 9.40 Å². The Labute approximate surface area is 127 Å². The molecular formula is C12H14N4O3S2. The molecule has 0 fully saturated rings. The summed E-state index contributed by atoms with van der Waals surface area (Å²) in [6.45, 7) is 0.0287. The fourth-order valence-electron chi connectivity index (χ4n) is 1.57. The molecule has 0 bridgehead atoms. The molecule has 0 spiro atoms. The summed E-state index contributed by atoms with van der Waals surface area (Å²) in [6, 6.07) is 6.62. The first-order valence-corrected chi connectivity index (χ1v) is 7.79. The number of nitrogens with two attached hydrogens (primary N) is 1. The van der Waals surface area contributed by atoms with Crippen molar-refractivity contribution in [1.82, 2.24) is 9.78 Å². The fourth-order valence-corrected chi connectivity index (χ4v) is 2.68. The van der Waals surface area contributed by atoms with Crippen LogP contribution < -0.4 is 15.2 Å². The number of thiocarbonyl (C=S) groups is 1. The van der Waals surface area contributed by atoms with E-state index in [9.17, 15) is 8.42 Å². The summed E-state index contributed by atoms with van der Waals surface area (Å²) in [5, 5.41) is 3.84. The van der Waals surface area contributed by atoms with Crippen molar-refractivity contribution in [2.45, 2.75) is 4.90 Å². The number of rotatable bonds is 6. The Morgan fingerprint density at radius 3 is 2.81 bits per heavy atom. The van der Waals surface area contributed by atoms with Crippen LogP contribution in [-0.2, 0) is 17.1 Å². The van der Waals surface area contributed by atoms with Crippen LogP contribution in [0.4, 0.5) is 5.69 Å². The van der Waals surface area contributed by atoms with Gasteiger partial charge in [0.15, 0.2) is 0 Å². The van der Waals surface area contributed by atoms with Crippen molar-refractivity contribution in [3.05, 3.63) is 36.7 Å². The van der Waals surface area contributed by atoms with E-state index in [0.717, 1.165) is 0 Å². The van der Waals surface area contributed by atoms with Crippen LogP contribution in [0, 0.1) is 0 Å². The van der Waals surface area contributed by atoms with E-state index in [4.69, 9.17) is 22.7 Å². The van der Waals surface area contributed by atoms with Gasteiger partial charge in [-0.1, -0.05) is 24.4 Å². The van der Waals surface area contributed by atoms with Crippen LogP contribution in [0.15, 0.2) is 41.6 Å².